The van der Waals surface area contributed by atoms with Gasteiger partial charge in [0, 0.05) is 0 Å². The zero-order chi connectivity index (χ0) is 13.8. The normalized spacial score (nSPS) is 9.94. The average Bonchev–Trinajstić information content (AvgIpc) is 2.29. The predicted molar refractivity (Wildman–Crippen MR) is 64.4 cm³/mol. The first kappa shape index (κ1) is 16.5. The lowest BCUT2D eigenvalue weighted by Crippen LogP contribution is -2.26. The highest BCUT2D eigenvalue weighted by atomic mass is 16.7. The Morgan fingerprint density at radius 1 is 1.06 bits per heavy atom. The summed E-state index contributed by atoms with van der Waals surface area (Å²) in [6, 6.07) is 0. The van der Waals surface area contributed by atoms with Gasteiger partial charge >= 0.3 is 0 Å². The van der Waals surface area contributed by atoms with Crippen LogP contribution in [0.25, 0.3) is 0 Å². The summed E-state index contributed by atoms with van der Waals surface area (Å²) < 4.78 is 25.0. The minimum absolute atomic E-state index is 0.0519. The van der Waals surface area contributed by atoms with Gasteiger partial charge in [0.05, 0.1) is 24.7 Å². The van der Waals surface area contributed by atoms with Gasteiger partial charge < -0.3 is 23.7 Å². The molecule has 0 spiro atoms. The molecule has 6 heteroatoms. The molecule has 0 aliphatic rings. The first-order chi connectivity index (χ1) is 8.56. The smallest absolute Gasteiger partial charge is 0.293 e. The molecule has 18 heavy (non-hydrogen) atoms. The molecule has 0 aliphatic carbocycles. The van der Waals surface area contributed by atoms with Gasteiger partial charge in [-0.05, 0) is 13.8 Å². The molecule has 0 rings (SSSR count). The fraction of sp³-hybridized carbons (Fsp3) is 0.583. The summed E-state index contributed by atoms with van der Waals surface area (Å²) in [5.74, 6) is 1.10. The van der Waals surface area contributed by atoms with E-state index in [2.05, 4.69) is 13.2 Å². The van der Waals surface area contributed by atoms with Crippen molar-refractivity contribution in [3.8, 4) is 0 Å². The van der Waals surface area contributed by atoms with Gasteiger partial charge in [0.2, 0.25) is 0 Å². The molecule has 0 saturated carbocycles. The lowest BCUT2D eigenvalue weighted by Gasteiger charge is -2.16. The number of carbonyl (C=O) groups excluding carboxylic acids is 1. The maximum Gasteiger partial charge on any atom is 0.293 e. The van der Waals surface area contributed by atoms with Gasteiger partial charge in [-0.25, -0.2) is 0 Å². The van der Waals surface area contributed by atoms with Gasteiger partial charge in [0.1, 0.15) is 6.10 Å². The molecule has 0 heterocycles. The number of hydrogen-bond donors (Lipinski definition) is 0. The third kappa shape index (κ3) is 11.0. The van der Waals surface area contributed by atoms with Crippen molar-refractivity contribution in [2.75, 3.05) is 26.8 Å². The van der Waals surface area contributed by atoms with E-state index >= 15 is 0 Å². The van der Waals surface area contributed by atoms with Crippen LogP contribution in [0.1, 0.15) is 13.8 Å². The van der Waals surface area contributed by atoms with E-state index in [1.165, 1.54) is 0 Å². The van der Waals surface area contributed by atoms with Crippen LogP contribution in [0, 0.1) is 0 Å². The molecule has 0 amide bonds. The molecular weight excluding hydrogens is 240 g/mol. The number of hydrogen-bond acceptors (Lipinski definition) is 6. The number of allylic oxidation sites excluding steroid dienone is 2. The van der Waals surface area contributed by atoms with Crippen LogP contribution in [-0.4, -0.2) is 39.4 Å². The Morgan fingerprint density at radius 2 is 1.50 bits per heavy atom. The Labute approximate surface area is 107 Å². The van der Waals surface area contributed by atoms with Crippen molar-refractivity contribution < 1.29 is 28.5 Å². The van der Waals surface area contributed by atoms with Gasteiger partial charge in [-0.2, -0.15) is 0 Å². The highest BCUT2D eigenvalue weighted by Crippen LogP contribution is 1.97. The highest BCUT2D eigenvalue weighted by Gasteiger charge is 2.10. The second-order valence-corrected chi connectivity index (χ2v) is 3.52. The van der Waals surface area contributed by atoms with Crippen LogP contribution in [0.2, 0.25) is 0 Å². The van der Waals surface area contributed by atoms with Crippen LogP contribution in [0.15, 0.2) is 24.7 Å². The summed E-state index contributed by atoms with van der Waals surface area (Å²) in [6.45, 7) is 11.3. The minimum Gasteiger partial charge on any atom is -0.473 e. The number of rotatable bonds is 12. The molecule has 0 radical (unpaired) electrons. The molecule has 0 aliphatic heterocycles. The molecule has 0 saturated heterocycles. The summed E-state index contributed by atoms with van der Waals surface area (Å²) in [7, 11) is 0. The first-order valence-electron chi connectivity index (χ1n) is 5.37. The van der Waals surface area contributed by atoms with E-state index in [4.69, 9.17) is 23.7 Å². The molecule has 0 aromatic carbocycles. The minimum atomic E-state index is -0.509. The van der Waals surface area contributed by atoms with Crippen LogP contribution >= 0.6 is 0 Å². The predicted octanol–water partition coefficient (Wildman–Crippen LogP) is 1.58. The van der Waals surface area contributed by atoms with Crippen molar-refractivity contribution in [2.45, 2.75) is 20.0 Å². The van der Waals surface area contributed by atoms with Crippen molar-refractivity contribution in [3.05, 3.63) is 24.7 Å². The summed E-state index contributed by atoms with van der Waals surface area (Å²) in [4.78, 5) is 10.3. The Bertz CT molecular complexity index is 241. The SMILES string of the molecule is C=C(C)OCOCC(COCOC(=C)C)OC=O. The Balaban J connectivity index is 3.67. The summed E-state index contributed by atoms with van der Waals surface area (Å²) in [6.07, 6.45) is -0.509. The van der Waals surface area contributed by atoms with Crippen LogP contribution in [-0.2, 0) is 28.5 Å². The van der Waals surface area contributed by atoms with Crippen LogP contribution in [0.3, 0.4) is 0 Å². The van der Waals surface area contributed by atoms with Crippen LogP contribution in [0.4, 0.5) is 0 Å². The molecule has 0 bridgehead atoms. The van der Waals surface area contributed by atoms with E-state index in [0.717, 1.165) is 0 Å². The van der Waals surface area contributed by atoms with Crippen molar-refractivity contribution >= 4 is 6.47 Å². The topological polar surface area (TPSA) is 63.2 Å². The largest absolute Gasteiger partial charge is 0.473 e. The van der Waals surface area contributed by atoms with E-state index in [0.29, 0.717) is 18.0 Å². The van der Waals surface area contributed by atoms with Gasteiger partial charge in [0.25, 0.3) is 6.47 Å². The quantitative estimate of drug-likeness (QED) is 0.230. The number of ether oxygens (including phenoxy) is 5. The first-order valence-corrected chi connectivity index (χ1v) is 5.37. The Kier molecular flexibility index (Phi) is 9.71. The van der Waals surface area contributed by atoms with Gasteiger partial charge in [-0.3, -0.25) is 4.79 Å². The fourth-order valence-electron chi connectivity index (χ4n) is 0.849. The molecule has 0 aromatic heterocycles. The van der Waals surface area contributed by atoms with E-state index in [-0.39, 0.29) is 26.8 Å². The Hall–Kier alpha value is -1.53. The molecule has 104 valence electrons. The summed E-state index contributed by atoms with van der Waals surface area (Å²) in [5.41, 5.74) is 0. The molecular formula is C12H20O6. The molecule has 0 aromatic rings. The van der Waals surface area contributed by atoms with Crippen LogP contribution < -0.4 is 0 Å². The van der Waals surface area contributed by atoms with Crippen molar-refractivity contribution in [1.29, 1.82) is 0 Å². The summed E-state index contributed by atoms with van der Waals surface area (Å²) >= 11 is 0. The molecule has 0 N–H and O–H groups in total. The molecule has 0 fully saturated rings. The van der Waals surface area contributed by atoms with E-state index in [1.807, 2.05) is 0 Å². The van der Waals surface area contributed by atoms with Gasteiger partial charge in [-0.15, -0.1) is 0 Å². The van der Waals surface area contributed by atoms with Crippen molar-refractivity contribution in [1.82, 2.24) is 0 Å². The van der Waals surface area contributed by atoms with Gasteiger partial charge in [-0.1, -0.05) is 13.2 Å². The second-order valence-electron chi connectivity index (χ2n) is 3.52. The van der Waals surface area contributed by atoms with Crippen molar-refractivity contribution in [3.63, 3.8) is 0 Å². The van der Waals surface area contributed by atoms with E-state index < -0.39 is 6.10 Å². The molecule has 0 unspecified atom stereocenters. The average molecular weight is 260 g/mol. The maximum atomic E-state index is 10.3. The van der Waals surface area contributed by atoms with Crippen molar-refractivity contribution in [2.24, 2.45) is 0 Å². The lowest BCUT2D eigenvalue weighted by atomic mass is 10.4. The van der Waals surface area contributed by atoms with Crippen LogP contribution in [0.5, 0.6) is 0 Å². The monoisotopic (exact) mass is 260 g/mol. The zero-order valence-electron chi connectivity index (χ0n) is 10.8. The Morgan fingerprint density at radius 3 is 1.83 bits per heavy atom. The molecule has 0 atom stereocenters. The van der Waals surface area contributed by atoms with E-state index in [9.17, 15) is 4.79 Å². The number of carbonyl (C=O) groups is 1. The third-order valence-corrected chi connectivity index (χ3v) is 1.63. The van der Waals surface area contributed by atoms with E-state index in [1.54, 1.807) is 13.8 Å². The van der Waals surface area contributed by atoms with Gasteiger partial charge in [0.15, 0.2) is 13.6 Å². The maximum absolute atomic E-state index is 10.3. The molecule has 6 nitrogen and oxygen atoms in total. The third-order valence-electron chi connectivity index (χ3n) is 1.63. The lowest BCUT2D eigenvalue weighted by molar-refractivity contribution is -0.148. The standard InChI is InChI=1S/C12H20O6/c1-10(2)17-8-14-5-12(16-7-13)6-15-9-18-11(3)4/h7,12H,1,3,5-6,8-9H2,2,4H3. The zero-order valence-corrected chi connectivity index (χ0v) is 10.8. The fourth-order valence-corrected chi connectivity index (χ4v) is 0.849. The second kappa shape index (κ2) is 10.6. The highest BCUT2D eigenvalue weighted by molar-refractivity contribution is 5.37. The summed E-state index contributed by atoms with van der Waals surface area (Å²) in [5, 5.41) is 0.